The number of nitrogens with one attached hydrogen (secondary N) is 1. The Morgan fingerprint density at radius 2 is 1.85 bits per heavy atom. The van der Waals surface area contributed by atoms with Crippen LogP contribution in [0.25, 0.3) is 0 Å². The first-order valence-corrected chi connectivity index (χ1v) is 8.13. The molecule has 8 nitrogen and oxygen atoms in total. The van der Waals surface area contributed by atoms with Crippen LogP contribution < -0.4 is 10.1 Å². The van der Waals surface area contributed by atoms with E-state index in [2.05, 4.69) is 5.32 Å². The second kappa shape index (κ2) is 7.96. The number of nitro groups is 1. The lowest BCUT2D eigenvalue weighted by molar-refractivity contribution is -0.385. The van der Waals surface area contributed by atoms with Crippen LogP contribution in [0.3, 0.4) is 0 Å². The molecule has 0 fully saturated rings. The molecule has 142 valence electrons. The Morgan fingerprint density at radius 3 is 2.37 bits per heavy atom. The van der Waals surface area contributed by atoms with Crippen molar-refractivity contribution in [1.82, 2.24) is 0 Å². The van der Waals surface area contributed by atoms with E-state index < -0.39 is 16.4 Å². The molecule has 1 amide bonds. The van der Waals surface area contributed by atoms with Crippen molar-refractivity contribution in [2.24, 2.45) is 0 Å². The topological polar surface area (TPSA) is 119 Å². The quantitative estimate of drug-likeness (QED) is 0.438. The van der Waals surface area contributed by atoms with Crippen molar-refractivity contribution in [3.8, 4) is 5.75 Å². The van der Waals surface area contributed by atoms with Gasteiger partial charge in [-0.3, -0.25) is 19.7 Å². The van der Waals surface area contributed by atoms with E-state index in [1.54, 1.807) is 31.2 Å². The number of aryl methyl sites for hydroxylation is 1. The second-order valence-corrected chi connectivity index (χ2v) is 6.36. The number of carbonyl (C=O) groups excluding carboxylic acids is 2. The number of rotatable bonds is 7. The van der Waals surface area contributed by atoms with Crippen LogP contribution in [0.4, 0.5) is 11.4 Å². The summed E-state index contributed by atoms with van der Waals surface area (Å²) in [6.07, 6.45) is 0. The molecule has 0 aliphatic heterocycles. The molecule has 27 heavy (non-hydrogen) atoms. The van der Waals surface area contributed by atoms with Gasteiger partial charge >= 0.3 is 0 Å². The second-order valence-electron chi connectivity index (χ2n) is 6.36. The molecule has 0 heterocycles. The monoisotopic (exact) mass is 372 g/mol. The number of ether oxygens (including phenoxy) is 1. The summed E-state index contributed by atoms with van der Waals surface area (Å²) < 4.78 is 5.43. The zero-order valence-electron chi connectivity index (χ0n) is 15.2. The van der Waals surface area contributed by atoms with Gasteiger partial charge in [-0.05, 0) is 57.2 Å². The maximum atomic E-state index is 12.3. The standard InChI is InChI=1S/C19H20N2O6/c1-12-10-15(6-9-17(12)21(25)26)20-18(23)19(3,24)11-27-16-7-4-14(5-8-16)13(2)22/h4-10,24H,11H2,1-3H3,(H,20,23). The molecule has 2 rings (SSSR count). The Morgan fingerprint density at radius 1 is 1.22 bits per heavy atom. The van der Waals surface area contributed by atoms with Crippen molar-refractivity contribution in [1.29, 1.82) is 0 Å². The van der Waals surface area contributed by atoms with Crippen LogP contribution >= 0.6 is 0 Å². The molecule has 2 aromatic rings. The lowest BCUT2D eigenvalue weighted by Crippen LogP contribution is -2.45. The first-order valence-electron chi connectivity index (χ1n) is 8.13. The fraction of sp³-hybridized carbons (Fsp3) is 0.263. The van der Waals surface area contributed by atoms with Crippen LogP contribution in [0, 0.1) is 17.0 Å². The zero-order chi connectivity index (χ0) is 20.2. The number of Topliss-reactive ketones (excluding diaryl/α,β-unsaturated/α-hetero) is 1. The van der Waals surface area contributed by atoms with E-state index in [1.807, 2.05) is 0 Å². The van der Waals surface area contributed by atoms with Gasteiger partial charge in [-0.1, -0.05) is 0 Å². The third kappa shape index (κ3) is 5.11. The molecular formula is C19H20N2O6. The van der Waals surface area contributed by atoms with Gasteiger partial charge in [-0.2, -0.15) is 0 Å². The maximum Gasteiger partial charge on any atom is 0.272 e. The average molecular weight is 372 g/mol. The molecule has 0 aromatic heterocycles. The Bertz CT molecular complexity index is 874. The fourth-order valence-electron chi connectivity index (χ4n) is 2.28. The molecule has 0 saturated carbocycles. The number of hydrogen-bond acceptors (Lipinski definition) is 6. The summed E-state index contributed by atoms with van der Waals surface area (Å²) >= 11 is 0. The van der Waals surface area contributed by atoms with Gasteiger partial charge in [-0.15, -0.1) is 0 Å². The first kappa shape index (κ1) is 20.1. The summed E-state index contributed by atoms with van der Waals surface area (Å²) in [5.74, 6) is -0.387. The van der Waals surface area contributed by atoms with Gasteiger partial charge in [0, 0.05) is 22.9 Å². The van der Waals surface area contributed by atoms with Gasteiger partial charge in [0.1, 0.15) is 12.4 Å². The van der Waals surface area contributed by atoms with Gasteiger partial charge in [0.25, 0.3) is 11.6 Å². The maximum absolute atomic E-state index is 12.3. The van der Waals surface area contributed by atoms with Crippen LogP contribution in [-0.4, -0.2) is 33.9 Å². The molecule has 1 atom stereocenters. The van der Waals surface area contributed by atoms with Crippen molar-refractivity contribution >= 4 is 23.1 Å². The van der Waals surface area contributed by atoms with Crippen LogP contribution in [0.1, 0.15) is 29.8 Å². The highest BCUT2D eigenvalue weighted by molar-refractivity contribution is 5.97. The van der Waals surface area contributed by atoms with Gasteiger partial charge in [0.05, 0.1) is 4.92 Å². The number of amides is 1. The average Bonchev–Trinajstić information content (AvgIpc) is 2.60. The minimum absolute atomic E-state index is 0.0582. The van der Waals surface area contributed by atoms with Crippen LogP contribution in [0.5, 0.6) is 5.75 Å². The van der Waals surface area contributed by atoms with Gasteiger partial charge in [0.2, 0.25) is 0 Å². The van der Waals surface area contributed by atoms with Crippen molar-refractivity contribution in [2.75, 3.05) is 11.9 Å². The van der Waals surface area contributed by atoms with E-state index in [9.17, 15) is 24.8 Å². The number of ketones is 1. The van der Waals surface area contributed by atoms with Crippen LogP contribution in [0.2, 0.25) is 0 Å². The smallest absolute Gasteiger partial charge is 0.272 e. The van der Waals surface area contributed by atoms with E-state index >= 15 is 0 Å². The van der Waals surface area contributed by atoms with E-state index in [4.69, 9.17) is 4.74 Å². The molecule has 1 unspecified atom stereocenters. The lowest BCUT2D eigenvalue weighted by atomic mass is 10.1. The molecule has 2 N–H and O–H groups in total. The van der Waals surface area contributed by atoms with Gasteiger partial charge < -0.3 is 15.2 Å². The van der Waals surface area contributed by atoms with Crippen molar-refractivity contribution in [2.45, 2.75) is 26.4 Å². The minimum atomic E-state index is -1.84. The molecule has 0 radical (unpaired) electrons. The summed E-state index contributed by atoms with van der Waals surface area (Å²) in [6.45, 7) is 3.99. The van der Waals surface area contributed by atoms with Crippen LogP contribution in [0.15, 0.2) is 42.5 Å². The Hall–Kier alpha value is -3.26. The number of benzene rings is 2. The highest BCUT2D eigenvalue weighted by Crippen LogP contribution is 2.22. The molecular weight excluding hydrogens is 352 g/mol. The van der Waals surface area contributed by atoms with Crippen LogP contribution in [-0.2, 0) is 4.79 Å². The summed E-state index contributed by atoms with van der Waals surface area (Å²) in [4.78, 5) is 33.9. The highest BCUT2D eigenvalue weighted by atomic mass is 16.6. The SMILES string of the molecule is CC(=O)c1ccc(OCC(C)(O)C(=O)Nc2ccc([N+](=O)[O-])c(C)c2)cc1. The van der Waals surface area contributed by atoms with Crippen molar-refractivity contribution < 1.29 is 24.4 Å². The van der Waals surface area contributed by atoms with Crippen molar-refractivity contribution in [3.05, 3.63) is 63.7 Å². The van der Waals surface area contributed by atoms with Crippen molar-refractivity contribution in [3.63, 3.8) is 0 Å². The Balaban J connectivity index is 2.01. The van der Waals surface area contributed by atoms with E-state index in [0.29, 0.717) is 22.6 Å². The summed E-state index contributed by atoms with van der Waals surface area (Å²) in [5.41, 5.74) is -0.652. The Labute approximate surface area is 155 Å². The molecule has 0 aliphatic carbocycles. The Kier molecular flexibility index (Phi) is 5.91. The third-order valence-electron chi connectivity index (χ3n) is 3.92. The normalized spacial score (nSPS) is 12.7. The summed E-state index contributed by atoms with van der Waals surface area (Å²) in [7, 11) is 0. The number of anilines is 1. The molecule has 0 aliphatic rings. The van der Waals surface area contributed by atoms with Gasteiger partial charge in [-0.25, -0.2) is 0 Å². The first-order chi connectivity index (χ1) is 12.6. The fourth-order valence-corrected chi connectivity index (χ4v) is 2.28. The molecule has 0 saturated heterocycles. The largest absolute Gasteiger partial charge is 0.490 e. The minimum Gasteiger partial charge on any atom is -0.490 e. The number of nitrogens with zero attached hydrogens (tertiary/aromatic N) is 1. The number of aliphatic hydroxyl groups is 1. The summed E-state index contributed by atoms with van der Waals surface area (Å²) in [6, 6.07) is 10.5. The lowest BCUT2D eigenvalue weighted by Gasteiger charge is -2.22. The summed E-state index contributed by atoms with van der Waals surface area (Å²) in [5, 5.41) is 23.7. The van der Waals surface area contributed by atoms with E-state index in [-0.39, 0.29) is 18.1 Å². The highest BCUT2D eigenvalue weighted by Gasteiger charge is 2.31. The number of carbonyl (C=O) groups is 2. The predicted molar refractivity (Wildman–Crippen MR) is 99.0 cm³/mol. The predicted octanol–water partition coefficient (Wildman–Crippen LogP) is 2.87. The number of hydrogen-bond donors (Lipinski definition) is 2. The third-order valence-corrected chi connectivity index (χ3v) is 3.92. The molecule has 8 heteroatoms. The number of nitro benzene ring substituents is 1. The molecule has 2 aromatic carbocycles. The van der Waals surface area contributed by atoms with Gasteiger partial charge in [0.15, 0.2) is 11.4 Å². The molecule has 0 bridgehead atoms. The van der Waals surface area contributed by atoms with E-state index in [0.717, 1.165) is 0 Å². The zero-order valence-corrected chi connectivity index (χ0v) is 15.2. The van der Waals surface area contributed by atoms with E-state index in [1.165, 1.54) is 32.0 Å². The molecule has 0 spiro atoms.